The van der Waals surface area contributed by atoms with E-state index in [0.29, 0.717) is 76.7 Å². The average molecular weight is 1990 g/mol. The SMILES string of the molecule is C.C.C.C.C.CC(=O)Nc1cccc2c1C(=O)OC2=O.CC(=O)O.CC(=O)OC(C)=O.CCCC.CCOc1cc(C(N)CS(C)(=O)=O)ccc1OC.CCOc1cc([C@@H](CS(C)(=O)=O)N2C(=O)c3cccc(NC(C)=O)c3C2=O)ccc1OC.CCOc1cc([C@H](N)CS(C)(=O)=O)ccc1OC.CN.Nc1cccc(C(=O)O)c1C(=O)O.O=C(O)c1cccc([N+](=O)[O-])c1C(=O)O.[V]. The van der Waals surface area contributed by atoms with Crippen molar-refractivity contribution in [3.05, 3.63) is 199 Å². The van der Waals surface area contributed by atoms with Crippen molar-refractivity contribution in [1.29, 1.82) is 0 Å². The van der Waals surface area contributed by atoms with Crippen LogP contribution >= 0.6 is 0 Å². The molecule has 0 saturated carbocycles. The fourth-order valence-electron chi connectivity index (χ4n) is 10.6. The number of imide groups is 1. The predicted octanol–water partition coefficient (Wildman–Crippen LogP) is 12.1. The van der Waals surface area contributed by atoms with Gasteiger partial charge in [0.1, 0.15) is 29.5 Å². The van der Waals surface area contributed by atoms with E-state index >= 15 is 0 Å². The molecule has 42 nitrogen and oxygen atoms in total. The Morgan fingerprint density at radius 1 is 0.463 bits per heavy atom. The van der Waals surface area contributed by atoms with Crippen molar-refractivity contribution >= 4 is 130 Å². The van der Waals surface area contributed by atoms with Crippen LogP contribution in [0.5, 0.6) is 34.5 Å². The van der Waals surface area contributed by atoms with Gasteiger partial charge in [-0.3, -0.25) is 48.6 Å². The van der Waals surface area contributed by atoms with Gasteiger partial charge in [-0.1, -0.05) is 106 Å². The van der Waals surface area contributed by atoms with E-state index in [1.807, 2.05) is 13.8 Å². The van der Waals surface area contributed by atoms with Crippen molar-refractivity contribution in [3.63, 3.8) is 0 Å². The third-order valence-electron chi connectivity index (χ3n) is 15.7. The first-order valence-corrected chi connectivity index (χ1v) is 43.8. The molecule has 3 atom stereocenters. The van der Waals surface area contributed by atoms with Crippen LogP contribution in [-0.4, -0.2) is 222 Å². The molecular weight excluding hydrogens is 1860 g/mol. The fraction of sp³-hybridized carbons (Fsp3) is 0.375. The van der Waals surface area contributed by atoms with Gasteiger partial charge in [-0.15, -0.1) is 0 Å². The van der Waals surface area contributed by atoms with E-state index in [4.69, 9.17) is 75.9 Å². The molecule has 0 aromatic heterocycles. The van der Waals surface area contributed by atoms with Crippen molar-refractivity contribution in [2.24, 2.45) is 17.2 Å². The van der Waals surface area contributed by atoms with Crippen LogP contribution in [0.3, 0.4) is 0 Å². The molecule has 134 heavy (non-hydrogen) atoms. The number of nitrogen functional groups attached to an aromatic ring is 1. The molecule has 0 saturated heterocycles. The van der Waals surface area contributed by atoms with Crippen molar-refractivity contribution in [2.45, 2.75) is 137 Å². The first-order chi connectivity index (χ1) is 59.7. The molecule has 4 amide bonds. The van der Waals surface area contributed by atoms with Gasteiger partial charge in [0, 0.05) is 95.8 Å². The number of nitro benzene ring substituents is 1. The Bertz CT molecular complexity index is 5340. The van der Waals surface area contributed by atoms with Crippen LogP contribution in [0.1, 0.15) is 237 Å². The third-order valence-corrected chi connectivity index (χ3v) is 18.5. The van der Waals surface area contributed by atoms with Gasteiger partial charge in [0.25, 0.3) is 23.5 Å². The number of aromatic carboxylic acids is 4. The van der Waals surface area contributed by atoms with Crippen molar-refractivity contribution < 1.29 is 174 Å². The zero-order chi connectivity index (χ0) is 98.6. The number of carbonyl (C=O) groups excluding carboxylic acids is 8. The second-order valence-corrected chi connectivity index (χ2v) is 32.6. The molecule has 745 valence electrons. The largest absolute Gasteiger partial charge is 0.493 e. The van der Waals surface area contributed by atoms with Crippen molar-refractivity contribution in [3.8, 4) is 34.5 Å². The molecule has 7 aromatic carbocycles. The number of methoxy groups -OCH3 is 3. The van der Waals surface area contributed by atoms with Gasteiger partial charge in [0.2, 0.25) is 11.8 Å². The number of carbonyl (C=O) groups is 13. The number of fused-ring (bicyclic) bond motifs is 2. The number of cyclic esters (lactones) is 2. The number of carboxylic acid groups (broad SMARTS) is 5. The molecule has 0 aliphatic carbocycles. The third kappa shape index (κ3) is 46.1. The van der Waals surface area contributed by atoms with Crippen LogP contribution < -0.4 is 62.0 Å². The summed E-state index contributed by atoms with van der Waals surface area (Å²) < 4.78 is 110. The van der Waals surface area contributed by atoms with Crippen LogP contribution in [0, 0.1) is 10.1 Å². The van der Waals surface area contributed by atoms with Crippen molar-refractivity contribution in [2.75, 3.05) is 101 Å². The summed E-state index contributed by atoms with van der Waals surface area (Å²) in [7, 11) is -3.75. The summed E-state index contributed by atoms with van der Waals surface area (Å²) >= 11 is 0. The molecule has 15 N–H and O–H groups in total. The van der Waals surface area contributed by atoms with Crippen molar-refractivity contribution in [1.82, 2.24) is 4.90 Å². The number of aliphatic carboxylic acids is 1. The molecule has 9 rings (SSSR count). The number of benzene rings is 7. The number of ether oxygens (including phenoxy) is 8. The predicted molar refractivity (Wildman–Crippen MR) is 502 cm³/mol. The molecule has 7 aromatic rings. The van der Waals surface area contributed by atoms with E-state index in [-0.39, 0.29) is 118 Å². The number of nitro groups is 1. The number of rotatable bonds is 27. The maximum absolute atomic E-state index is 13.3. The average Bonchev–Trinajstić information content (AvgIpc) is 1.59. The minimum Gasteiger partial charge on any atom is -0.493 e. The molecule has 2 aliphatic rings. The van der Waals surface area contributed by atoms with E-state index < -0.39 is 147 Å². The zero-order valence-corrected chi connectivity index (χ0v) is 77.3. The number of unbranched alkanes of at least 4 members (excludes halogenated alkanes) is 1. The van der Waals surface area contributed by atoms with Gasteiger partial charge in [-0.25, -0.2) is 54.0 Å². The smallest absolute Gasteiger partial charge is 0.349 e. The second-order valence-electron chi connectivity index (χ2n) is 26.1. The number of hydrogen-bond acceptors (Lipinski definition) is 33. The van der Waals surface area contributed by atoms with Crippen LogP contribution in [0.2, 0.25) is 0 Å². The Morgan fingerprint density at radius 3 is 1.10 bits per heavy atom. The number of nitrogens with two attached hydrogens (primary N) is 4. The molecule has 0 fully saturated rings. The number of carboxylic acids is 5. The summed E-state index contributed by atoms with van der Waals surface area (Å²) in [6, 6.07) is 29.0. The number of sulfone groups is 3. The van der Waals surface area contributed by atoms with Crippen LogP contribution in [0.4, 0.5) is 22.7 Å². The molecule has 2 aliphatic heterocycles. The second kappa shape index (κ2) is 65.2. The quantitative estimate of drug-likeness (QED) is 0.00569. The van der Waals surface area contributed by atoms with E-state index in [1.165, 1.54) is 104 Å². The van der Waals surface area contributed by atoms with E-state index in [1.54, 1.807) is 93.9 Å². The Kier molecular flexibility index (Phi) is 65.0. The first kappa shape index (κ1) is 134. The molecule has 1 radical (unpaired) electrons. The molecular formula is C88H126N8O34S3V. The number of hydrogen-bond donors (Lipinski definition) is 11. The molecule has 0 spiro atoms. The maximum Gasteiger partial charge on any atom is 0.349 e. The Morgan fingerprint density at radius 2 is 0.799 bits per heavy atom. The fourth-order valence-corrected chi connectivity index (χ4v) is 13.2. The molecule has 0 bridgehead atoms. The summed E-state index contributed by atoms with van der Waals surface area (Å²) in [6.07, 6.45) is 6.01. The summed E-state index contributed by atoms with van der Waals surface area (Å²) in [5.41, 5.74) is 21.4. The van der Waals surface area contributed by atoms with E-state index in [2.05, 4.69) is 39.7 Å². The topological polar surface area (TPSA) is 674 Å². The number of amides is 4. The number of anilines is 3. The first-order valence-electron chi connectivity index (χ1n) is 37.6. The molecule has 1 unspecified atom stereocenters. The van der Waals surface area contributed by atoms with Crippen LogP contribution in [0.25, 0.3) is 0 Å². The Labute approximate surface area is 792 Å². The van der Waals surface area contributed by atoms with Gasteiger partial charge < -0.3 is 97.0 Å². The number of esters is 4. The van der Waals surface area contributed by atoms with Gasteiger partial charge in [-0.05, 0) is 123 Å². The minimum absolute atomic E-state index is 0. The van der Waals surface area contributed by atoms with E-state index in [9.17, 15) is 92.9 Å². The van der Waals surface area contributed by atoms with Gasteiger partial charge in [-0.2, -0.15) is 0 Å². The summed E-state index contributed by atoms with van der Waals surface area (Å²) in [5.74, 6) is -8.71. The Balaban J connectivity index is -0.000000283. The normalized spacial score (nSPS) is 11.3. The zero-order valence-electron chi connectivity index (χ0n) is 73.5. The standard InChI is InChI=1S/C22H24N2O7S.2C12H19NO4S.C10H7NO4.C8H5NO6.C8H7NO4.C4H6O3.C4H10.C2H4O2.CH5N.5CH4.V/c1-5-31-19-11-14(9-10-18(19)30-3)17(12-32(4,28)29)24-21(26)15-7-6-8-16(23-13(2)25)20(15)22(24)27;2*1-4-17-12-7-9(5-6-11(12)16-2)10(13)8-18(3,14)15;1-5(12)11-7-4-2-3-6-8(7)10(14)15-9(6)13;10-7(11)4-2-1-3-5(9(14)15)6(4)8(12)13;9-5-3-1-2-4(7(10)11)6(5)8(12)13;1-3(5)7-4(2)6;1-3-4-2;1-2(3)4;1-2;;;;;;/h6-11,17H,5,12H2,1-4H3,(H,23,25);2*5-7,10H,4,8,13H2,1-3H3;2-4H,1H3,(H,11,12);1-3H,(H,10,11)(H,12,13);1-3H,9H2,(H,10,11)(H,12,13);1-2H3;3-4H2,1-2H3;1H3,(H,3,4);2H2,1H3;5*1H4;/t17-;10-;;;;;;;;;;;;;;/m11............../s1. The number of nitrogens with one attached hydrogen (secondary N) is 2. The molecule has 2 heterocycles. The monoisotopic (exact) mass is 1990 g/mol. The van der Waals surface area contributed by atoms with Gasteiger partial charge >= 0.3 is 47.8 Å². The number of nitrogens with zero attached hydrogens (tertiary/aromatic N) is 2. The summed E-state index contributed by atoms with van der Waals surface area (Å²) in [6.45, 7) is 17.3. The van der Waals surface area contributed by atoms with Crippen LogP contribution in [0.15, 0.2) is 127 Å². The minimum atomic E-state index is -3.60. The maximum atomic E-state index is 13.3. The summed E-state index contributed by atoms with van der Waals surface area (Å²) in [5, 5.41) is 57.5. The van der Waals surface area contributed by atoms with Crippen LogP contribution in [-0.2, 0) is 81.5 Å². The van der Waals surface area contributed by atoms with E-state index in [0.717, 1.165) is 36.3 Å². The van der Waals surface area contributed by atoms with Gasteiger partial charge in [0.15, 0.2) is 40.1 Å². The molecule has 46 heteroatoms. The van der Waals surface area contributed by atoms with Gasteiger partial charge in [0.05, 0.1) is 120 Å². The Hall–Kier alpha value is -13.4. The summed E-state index contributed by atoms with van der Waals surface area (Å²) in [4.78, 5) is 153.